The number of sulfonamides is 1. The molecule has 1 aromatic carbocycles. The Balaban J connectivity index is 1.72. The number of hydrogen-bond donors (Lipinski definition) is 1. The molecule has 2 aromatic heterocycles. The summed E-state index contributed by atoms with van der Waals surface area (Å²) in [4.78, 5) is 6.87. The molecule has 0 radical (unpaired) electrons. The highest BCUT2D eigenvalue weighted by molar-refractivity contribution is 7.91. The zero-order valence-electron chi connectivity index (χ0n) is 15.1. The van der Waals surface area contributed by atoms with E-state index < -0.39 is 10.0 Å². The lowest BCUT2D eigenvalue weighted by Crippen LogP contribution is -2.26. The minimum Gasteiger partial charge on any atom is -0.328 e. The fourth-order valence-corrected chi connectivity index (χ4v) is 4.96. The molecule has 0 aliphatic carbocycles. The maximum absolute atomic E-state index is 12.3. The summed E-state index contributed by atoms with van der Waals surface area (Å²) in [5, 5.41) is 1.76. The maximum Gasteiger partial charge on any atom is 0.250 e. The molecular weight excluding hydrogens is 368 g/mol. The Hall–Kier alpha value is -1.74. The molecular formula is C18H24N4O2S2. The van der Waals surface area contributed by atoms with Crippen LogP contribution in [-0.4, -0.2) is 50.1 Å². The predicted octanol–water partition coefficient (Wildman–Crippen LogP) is 2.57. The molecule has 8 heteroatoms. The molecule has 0 aliphatic rings. The average Bonchev–Trinajstić information content (AvgIpc) is 3.24. The van der Waals surface area contributed by atoms with E-state index in [4.69, 9.17) is 4.98 Å². The van der Waals surface area contributed by atoms with Gasteiger partial charge < -0.3 is 9.47 Å². The number of fused-ring (bicyclic) bond motifs is 1. The van der Waals surface area contributed by atoms with Crippen molar-refractivity contribution in [3.05, 3.63) is 47.6 Å². The second kappa shape index (κ2) is 8.30. The number of aromatic nitrogens is 2. The molecule has 0 atom stereocenters. The van der Waals surface area contributed by atoms with E-state index in [0.717, 1.165) is 36.4 Å². The molecule has 0 saturated carbocycles. The van der Waals surface area contributed by atoms with Gasteiger partial charge in [-0.2, -0.15) is 0 Å². The molecule has 2 heterocycles. The Morgan fingerprint density at radius 2 is 2.00 bits per heavy atom. The van der Waals surface area contributed by atoms with E-state index in [1.165, 1.54) is 11.3 Å². The van der Waals surface area contributed by atoms with Crippen molar-refractivity contribution in [2.45, 2.75) is 23.6 Å². The van der Waals surface area contributed by atoms with E-state index >= 15 is 0 Å². The number of para-hydroxylation sites is 2. The van der Waals surface area contributed by atoms with Crippen LogP contribution in [-0.2, 0) is 23.0 Å². The number of nitrogens with one attached hydrogen (secondary N) is 1. The van der Waals surface area contributed by atoms with Gasteiger partial charge in [0, 0.05) is 19.5 Å². The highest BCUT2D eigenvalue weighted by Crippen LogP contribution is 2.18. The van der Waals surface area contributed by atoms with Crippen LogP contribution in [0.3, 0.4) is 0 Å². The van der Waals surface area contributed by atoms with E-state index in [0.29, 0.717) is 17.2 Å². The fraction of sp³-hybridized carbons (Fsp3) is 0.389. The number of aryl methyl sites for hydroxylation is 1. The van der Waals surface area contributed by atoms with Crippen LogP contribution >= 0.6 is 11.3 Å². The molecule has 0 aliphatic heterocycles. The zero-order chi connectivity index (χ0) is 18.6. The third kappa shape index (κ3) is 4.50. The van der Waals surface area contributed by atoms with E-state index in [1.54, 1.807) is 17.5 Å². The van der Waals surface area contributed by atoms with Crippen LogP contribution < -0.4 is 4.72 Å². The van der Waals surface area contributed by atoms with Crippen LogP contribution in [0.5, 0.6) is 0 Å². The average molecular weight is 393 g/mol. The van der Waals surface area contributed by atoms with Gasteiger partial charge in [0.15, 0.2) is 0 Å². The molecule has 0 saturated heterocycles. The van der Waals surface area contributed by atoms with Gasteiger partial charge in [0.1, 0.15) is 10.0 Å². The van der Waals surface area contributed by atoms with Crippen molar-refractivity contribution in [2.24, 2.45) is 0 Å². The minimum absolute atomic E-state index is 0.331. The van der Waals surface area contributed by atoms with Crippen LogP contribution in [0.15, 0.2) is 46.0 Å². The molecule has 0 spiro atoms. The van der Waals surface area contributed by atoms with Crippen LogP contribution in [0.2, 0.25) is 0 Å². The van der Waals surface area contributed by atoms with Crippen LogP contribution in [0, 0.1) is 0 Å². The number of rotatable bonds is 9. The molecule has 0 fully saturated rings. The summed E-state index contributed by atoms with van der Waals surface area (Å²) in [6, 6.07) is 11.4. The number of benzene rings is 1. The Bertz CT molecular complexity index is 947. The highest BCUT2D eigenvalue weighted by Gasteiger charge is 2.16. The zero-order valence-corrected chi connectivity index (χ0v) is 16.7. The maximum atomic E-state index is 12.3. The Kier molecular flexibility index (Phi) is 6.08. The quantitative estimate of drug-likeness (QED) is 0.608. The molecule has 3 aromatic rings. The number of nitrogens with zero attached hydrogens (tertiary/aromatic N) is 3. The molecule has 0 unspecified atom stereocenters. The molecule has 1 N–H and O–H groups in total. The van der Waals surface area contributed by atoms with Gasteiger partial charge in [0.25, 0.3) is 0 Å². The third-order valence-corrected chi connectivity index (χ3v) is 6.98. The normalized spacial score (nSPS) is 12.3. The second-order valence-electron chi connectivity index (χ2n) is 6.41. The monoisotopic (exact) mass is 392 g/mol. The molecule has 6 nitrogen and oxygen atoms in total. The van der Waals surface area contributed by atoms with E-state index in [9.17, 15) is 8.42 Å². The topological polar surface area (TPSA) is 67.2 Å². The van der Waals surface area contributed by atoms with Gasteiger partial charge in [-0.15, -0.1) is 11.3 Å². The van der Waals surface area contributed by atoms with Gasteiger partial charge in [0.2, 0.25) is 10.0 Å². The molecule has 0 amide bonds. The minimum atomic E-state index is -3.43. The molecule has 140 valence electrons. The van der Waals surface area contributed by atoms with Crippen LogP contribution in [0.25, 0.3) is 11.0 Å². The summed E-state index contributed by atoms with van der Waals surface area (Å²) < 4.78 is 29.7. The van der Waals surface area contributed by atoms with Gasteiger partial charge in [-0.05, 0) is 50.6 Å². The molecule has 26 heavy (non-hydrogen) atoms. The lowest BCUT2D eigenvalue weighted by atomic mass is 10.3. The molecule has 3 rings (SSSR count). The Morgan fingerprint density at radius 1 is 1.19 bits per heavy atom. The fourth-order valence-electron chi connectivity index (χ4n) is 2.90. The van der Waals surface area contributed by atoms with Crippen molar-refractivity contribution in [3.63, 3.8) is 0 Å². The van der Waals surface area contributed by atoms with Crippen LogP contribution in [0.1, 0.15) is 12.2 Å². The summed E-state index contributed by atoms with van der Waals surface area (Å²) in [7, 11) is 0.690. The predicted molar refractivity (Wildman–Crippen MR) is 106 cm³/mol. The van der Waals surface area contributed by atoms with Gasteiger partial charge in [0.05, 0.1) is 11.0 Å². The van der Waals surface area contributed by atoms with Crippen molar-refractivity contribution < 1.29 is 8.42 Å². The number of imidazole rings is 1. The van der Waals surface area contributed by atoms with Crippen molar-refractivity contribution in [2.75, 3.05) is 27.2 Å². The first-order valence-corrected chi connectivity index (χ1v) is 11.0. The van der Waals surface area contributed by atoms with Gasteiger partial charge in [-0.25, -0.2) is 18.1 Å². The largest absolute Gasteiger partial charge is 0.328 e. The van der Waals surface area contributed by atoms with E-state index in [2.05, 4.69) is 34.4 Å². The lowest BCUT2D eigenvalue weighted by molar-refractivity contribution is 0.386. The van der Waals surface area contributed by atoms with Crippen LogP contribution in [0.4, 0.5) is 0 Å². The summed E-state index contributed by atoms with van der Waals surface area (Å²) in [5.41, 5.74) is 2.05. The summed E-state index contributed by atoms with van der Waals surface area (Å²) >= 11 is 1.22. The van der Waals surface area contributed by atoms with Crippen molar-refractivity contribution in [3.8, 4) is 0 Å². The lowest BCUT2D eigenvalue weighted by Gasteiger charge is -2.12. The third-order valence-electron chi connectivity index (χ3n) is 4.12. The van der Waals surface area contributed by atoms with Crippen molar-refractivity contribution >= 4 is 32.4 Å². The standard InChI is InChI=1S/C18H24N4O2S2/c1-21(2)12-6-13-22-16-8-4-3-7-15(16)20-17(22)10-11-19-26(23,24)18-9-5-14-25-18/h3-5,7-9,14,19H,6,10-13H2,1-2H3. The van der Waals surface area contributed by atoms with Crippen molar-refractivity contribution in [1.29, 1.82) is 0 Å². The second-order valence-corrected chi connectivity index (χ2v) is 9.35. The summed E-state index contributed by atoms with van der Waals surface area (Å²) in [6.07, 6.45) is 1.57. The Labute approximate surface area is 158 Å². The SMILES string of the molecule is CN(C)CCCn1c(CCNS(=O)(=O)c2cccs2)nc2ccccc21. The van der Waals surface area contributed by atoms with E-state index in [-0.39, 0.29) is 0 Å². The van der Waals surface area contributed by atoms with Gasteiger partial charge >= 0.3 is 0 Å². The van der Waals surface area contributed by atoms with Gasteiger partial charge in [-0.3, -0.25) is 0 Å². The smallest absolute Gasteiger partial charge is 0.250 e. The molecule has 0 bridgehead atoms. The number of thiophene rings is 1. The first-order chi connectivity index (χ1) is 12.5. The summed E-state index contributed by atoms with van der Waals surface area (Å²) in [5.74, 6) is 0.916. The number of hydrogen-bond acceptors (Lipinski definition) is 5. The van der Waals surface area contributed by atoms with Crippen molar-refractivity contribution in [1.82, 2.24) is 19.2 Å². The first-order valence-electron chi connectivity index (χ1n) is 8.59. The summed E-state index contributed by atoms with van der Waals surface area (Å²) in [6.45, 7) is 2.19. The van der Waals surface area contributed by atoms with E-state index in [1.807, 2.05) is 18.2 Å². The Morgan fingerprint density at radius 3 is 2.73 bits per heavy atom. The highest BCUT2D eigenvalue weighted by atomic mass is 32.2. The first kappa shape index (κ1) is 19.0. The van der Waals surface area contributed by atoms with Gasteiger partial charge in [-0.1, -0.05) is 18.2 Å².